The number of nitrogens with zero attached hydrogens (tertiary/aromatic N) is 2. The van der Waals surface area contributed by atoms with Crippen LogP contribution < -0.4 is 4.90 Å². The number of fused-ring (bicyclic) bond motifs is 3. The lowest BCUT2D eigenvalue weighted by atomic mass is 10.0. The van der Waals surface area contributed by atoms with Crippen molar-refractivity contribution in [2.45, 2.75) is 6.04 Å². The smallest absolute Gasteiger partial charge is 0.0780 e. The van der Waals surface area contributed by atoms with Crippen molar-refractivity contribution in [2.24, 2.45) is 4.99 Å². The predicted molar refractivity (Wildman–Crippen MR) is 66.6 cm³/mol. The fourth-order valence-corrected chi connectivity index (χ4v) is 2.69. The highest BCUT2D eigenvalue weighted by molar-refractivity contribution is 6.01. The zero-order chi connectivity index (χ0) is 10.5. The molecule has 1 aromatic carbocycles. The van der Waals surface area contributed by atoms with Gasteiger partial charge in [0.05, 0.1) is 11.7 Å². The third kappa shape index (κ3) is 0.847. The van der Waals surface area contributed by atoms with Crippen molar-refractivity contribution < 1.29 is 0 Å². The van der Waals surface area contributed by atoms with Gasteiger partial charge in [-0.3, -0.25) is 4.99 Å². The fraction of sp³-hybridized carbons (Fsp3) is 0.0714. The van der Waals surface area contributed by atoms with Crippen molar-refractivity contribution >= 4 is 17.5 Å². The molecule has 1 aliphatic carbocycles. The van der Waals surface area contributed by atoms with E-state index in [1.54, 1.807) is 0 Å². The SMILES string of the molecule is C1=CC2C(=C1)c1cccc3c1N2C=CN=C3. The van der Waals surface area contributed by atoms with Crippen LogP contribution in [0.2, 0.25) is 0 Å². The maximum Gasteiger partial charge on any atom is 0.0780 e. The molecule has 0 aromatic heterocycles. The molecule has 1 atom stereocenters. The highest BCUT2D eigenvalue weighted by Gasteiger charge is 2.34. The van der Waals surface area contributed by atoms with Crippen LogP contribution >= 0.6 is 0 Å². The predicted octanol–water partition coefficient (Wildman–Crippen LogP) is 2.73. The number of hydrogen-bond donors (Lipinski definition) is 0. The minimum atomic E-state index is 0.370. The van der Waals surface area contributed by atoms with Gasteiger partial charge in [0.2, 0.25) is 0 Å². The van der Waals surface area contributed by atoms with Crippen molar-refractivity contribution in [1.29, 1.82) is 0 Å². The lowest BCUT2D eigenvalue weighted by molar-refractivity contribution is 1.00. The Kier molecular flexibility index (Phi) is 1.38. The summed E-state index contributed by atoms with van der Waals surface area (Å²) in [5, 5.41) is 0. The summed E-state index contributed by atoms with van der Waals surface area (Å²) < 4.78 is 0. The van der Waals surface area contributed by atoms with Gasteiger partial charge in [-0.1, -0.05) is 36.4 Å². The number of anilines is 1. The van der Waals surface area contributed by atoms with E-state index in [1.807, 2.05) is 12.4 Å². The molecule has 0 N–H and O–H groups in total. The van der Waals surface area contributed by atoms with Crippen molar-refractivity contribution in [3.8, 4) is 0 Å². The summed E-state index contributed by atoms with van der Waals surface area (Å²) in [6, 6.07) is 6.78. The lowest BCUT2D eigenvalue weighted by Gasteiger charge is -2.20. The van der Waals surface area contributed by atoms with Gasteiger partial charge >= 0.3 is 0 Å². The summed E-state index contributed by atoms with van der Waals surface area (Å²) in [5.74, 6) is 0. The van der Waals surface area contributed by atoms with Gasteiger partial charge in [-0.2, -0.15) is 0 Å². The second kappa shape index (κ2) is 2.73. The van der Waals surface area contributed by atoms with Gasteiger partial charge in [0.15, 0.2) is 0 Å². The van der Waals surface area contributed by atoms with E-state index in [2.05, 4.69) is 52.5 Å². The molecule has 0 saturated heterocycles. The fourth-order valence-electron chi connectivity index (χ4n) is 2.69. The van der Waals surface area contributed by atoms with Gasteiger partial charge in [0.25, 0.3) is 0 Å². The first kappa shape index (κ1) is 8.11. The summed E-state index contributed by atoms with van der Waals surface area (Å²) in [4.78, 5) is 6.56. The van der Waals surface area contributed by atoms with E-state index in [4.69, 9.17) is 0 Å². The molecule has 16 heavy (non-hydrogen) atoms. The Morgan fingerprint density at radius 2 is 2.25 bits per heavy atom. The molecule has 2 aliphatic heterocycles. The van der Waals surface area contributed by atoms with Gasteiger partial charge in [-0.05, 0) is 5.57 Å². The summed E-state index contributed by atoms with van der Waals surface area (Å²) >= 11 is 0. The number of allylic oxidation sites excluding steroid dienone is 2. The molecule has 3 aliphatic rings. The monoisotopic (exact) mass is 206 g/mol. The van der Waals surface area contributed by atoms with Crippen molar-refractivity contribution in [3.05, 3.63) is 60.0 Å². The maximum atomic E-state index is 4.26. The molecular formula is C14H10N2. The summed E-state index contributed by atoms with van der Waals surface area (Å²) in [5.41, 5.74) is 5.23. The van der Waals surface area contributed by atoms with Crippen molar-refractivity contribution in [2.75, 3.05) is 4.90 Å². The Bertz CT molecular complexity index is 591. The topological polar surface area (TPSA) is 15.6 Å². The van der Waals surface area contributed by atoms with Gasteiger partial charge in [0, 0.05) is 29.7 Å². The highest BCUT2D eigenvalue weighted by atomic mass is 15.2. The minimum Gasteiger partial charge on any atom is -0.334 e. The zero-order valence-corrected chi connectivity index (χ0v) is 8.67. The number of aliphatic imine (C=N–C) groups is 1. The summed E-state index contributed by atoms with van der Waals surface area (Å²) in [6.07, 6.45) is 12.4. The normalized spacial score (nSPS) is 23.1. The van der Waals surface area contributed by atoms with Gasteiger partial charge in [-0.15, -0.1) is 0 Å². The van der Waals surface area contributed by atoms with E-state index in [9.17, 15) is 0 Å². The van der Waals surface area contributed by atoms with Crippen LogP contribution in [0.1, 0.15) is 11.1 Å². The van der Waals surface area contributed by atoms with Crippen LogP contribution in [-0.4, -0.2) is 12.3 Å². The zero-order valence-electron chi connectivity index (χ0n) is 8.67. The Hall–Kier alpha value is -2.09. The Morgan fingerprint density at radius 3 is 3.25 bits per heavy atom. The molecule has 2 nitrogen and oxygen atoms in total. The maximum absolute atomic E-state index is 4.26. The molecule has 1 unspecified atom stereocenters. The minimum absolute atomic E-state index is 0.370. The molecule has 0 radical (unpaired) electrons. The van der Waals surface area contributed by atoms with E-state index in [0.717, 1.165) is 0 Å². The van der Waals surface area contributed by atoms with Crippen LogP contribution in [0.25, 0.3) is 5.57 Å². The third-order valence-corrected chi connectivity index (χ3v) is 3.35. The van der Waals surface area contributed by atoms with Crippen LogP contribution in [0.15, 0.2) is 53.8 Å². The molecule has 0 saturated carbocycles. The number of para-hydroxylation sites is 1. The van der Waals surface area contributed by atoms with Crippen molar-refractivity contribution in [3.63, 3.8) is 0 Å². The molecule has 76 valence electrons. The van der Waals surface area contributed by atoms with Crippen molar-refractivity contribution in [1.82, 2.24) is 0 Å². The largest absolute Gasteiger partial charge is 0.334 e. The van der Waals surface area contributed by atoms with E-state index >= 15 is 0 Å². The average molecular weight is 206 g/mol. The van der Waals surface area contributed by atoms with Crippen LogP contribution in [0.5, 0.6) is 0 Å². The number of rotatable bonds is 0. The summed E-state index contributed by atoms with van der Waals surface area (Å²) in [7, 11) is 0. The van der Waals surface area contributed by atoms with E-state index in [1.165, 1.54) is 22.4 Å². The molecule has 0 spiro atoms. The first-order chi connectivity index (χ1) is 7.95. The molecule has 2 heterocycles. The first-order valence-corrected chi connectivity index (χ1v) is 5.45. The lowest BCUT2D eigenvalue weighted by Crippen LogP contribution is -2.22. The van der Waals surface area contributed by atoms with Gasteiger partial charge < -0.3 is 4.90 Å². The van der Waals surface area contributed by atoms with Gasteiger partial charge in [0.1, 0.15) is 0 Å². The van der Waals surface area contributed by atoms with E-state index in [0.29, 0.717) is 6.04 Å². The molecule has 0 amide bonds. The summed E-state index contributed by atoms with van der Waals surface area (Å²) in [6.45, 7) is 0. The first-order valence-electron chi connectivity index (χ1n) is 5.45. The van der Waals surface area contributed by atoms with Crippen LogP contribution in [-0.2, 0) is 0 Å². The Labute approximate surface area is 93.9 Å². The van der Waals surface area contributed by atoms with Crippen LogP contribution in [0, 0.1) is 0 Å². The third-order valence-electron chi connectivity index (χ3n) is 3.35. The van der Waals surface area contributed by atoms with Crippen LogP contribution in [0.3, 0.4) is 0 Å². The molecular weight excluding hydrogens is 196 g/mol. The molecule has 0 bridgehead atoms. The average Bonchev–Trinajstić information content (AvgIpc) is 2.80. The number of hydrogen-bond acceptors (Lipinski definition) is 2. The standard InChI is InChI=1S/C14H10N2/c1-3-10-9-15-7-8-16-13-6-2-4-11(13)12(5-1)14(10)16/h1-9,13H. The second-order valence-electron chi connectivity index (χ2n) is 4.18. The molecule has 0 fully saturated rings. The quantitative estimate of drug-likeness (QED) is 0.637. The van der Waals surface area contributed by atoms with Gasteiger partial charge in [-0.25, -0.2) is 0 Å². The Balaban J connectivity index is 2.08. The number of benzene rings is 1. The highest BCUT2D eigenvalue weighted by Crippen LogP contribution is 2.45. The van der Waals surface area contributed by atoms with E-state index < -0.39 is 0 Å². The second-order valence-corrected chi connectivity index (χ2v) is 4.18. The molecule has 2 heteroatoms. The Morgan fingerprint density at radius 1 is 1.25 bits per heavy atom. The van der Waals surface area contributed by atoms with Crippen LogP contribution in [0.4, 0.5) is 5.69 Å². The molecule has 1 aromatic rings. The molecule has 4 rings (SSSR count). The van der Waals surface area contributed by atoms with E-state index in [-0.39, 0.29) is 0 Å².